The van der Waals surface area contributed by atoms with Gasteiger partial charge in [-0.3, -0.25) is 9.78 Å². The summed E-state index contributed by atoms with van der Waals surface area (Å²) < 4.78 is 0. The fourth-order valence-corrected chi connectivity index (χ4v) is 3.50. The molecule has 0 spiro atoms. The van der Waals surface area contributed by atoms with Crippen LogP contribution in [-0.2, 0) is 6.42 Å². The van der Waals surface area contributed by atoms with Crippen LogP contribution in [0, 0.1) is 0 Å². The first-order chi connectivity index (χ1) is 15.2. The average Bonchev–Trinajstić information content (AvgIpc) is 2.81. The fourth-order valence-electron chi connectivity index (χ4n) is 3.32. The second-order valence-corrected chi connectivity index (χ2v) is 7.52. The zero-order valence-electron chi connectivity index (χ0n) is 16.9. The van der Waals surface area contributed by atoms with Crippen molar-refractivity contribution in [3.63, 3.8) is 0 Å². The SMILES string of the molecule is O=C(Nc1ccc(NCCc2ccccn2)cc1)c1cc(Cl)ccc1-c1ccccc1. The average molecular weight is 428 g/mol. The fraction of sp³-hybridized carbons (Fsp3) is 0.0769. The van der Waals surface area contributed by atoms with Crippen LogP contribution in [0.15, 0.2) is 97.2 Å². The number of benzene rings is 3. The number of hydrogen-bond donors (Lipinski definition) is 2. The molecule has 1 amide bonds. The Morgan fingerprint density at radius 1 is 0.839 bits per heavy atom. The lowest BCUT2D eigenvalue weighted by molar-refractivity contribution is 0.102. The predicted molar refractivity (Wildman–Crippen MR) is 128 cm³/mol. The minimum absolute atomic E-state index is 0.197. The van der Waals surface area contributed by atoms with E-state index >= 15 is 0 Å². The van der Waals surface area contributed by atoms with Gasteiger partial charge in [0.15, 0.2) is 0 Å². The molecule has 0 fully saturated rings. The van der Waals surface area contributed by atoms with Crippen LogP contribution in [0.5, 0.6) is 0 Å². The molecular formula is C26H22ClN3O. The van der Waals surface area contributed by atoms with Gasteiger partial charge < -0.3 is 10.6 Å². The van der Waals surface area contributed by atoms with Gasteiger partial charge in [-0.15, -0.1) is 0 Å². The molecule has 0 saturated heterocycles. The Hall–Kier alpha value is -3.63. The van der Waals surface area contributed by atoms with Crippen molar-refractivity contribution < 1.29 is 4.79 Å². The molecule has 0 unspecified atom stereocenters. The van der Waals surface area contributed by atoms with Crippen LogP contribution < -0.4 is 10.6 Å². The molecule has 0 aliphatic rings. The summed E-state index contributed by atoms with van der Waals surface area (Å²) in [6.45, 7) is 0.783. The molecule has 154 valence electrons. The number of aromatic nitrogens is 1. The van der Waals surface area contributed by atoms with Crippen LogP contribution in [0.25, 0.3) is 11.1 Å². The largest absolute Gasteiger partial charge is 0.385 e. The summed E-state index contributed by atoms with van der Waals surface area (Å²) in [6, 6.07) is 28.8. The van der Waals surface area contributed by atoms with Crippen molar-refractivity contribution >= 4 is 28.9 Å². The first kappa shape index (κ1) is 20.6. The van der Waals surface area contributed by atoms with E-state index in [0.717, 1.165) is 41.2 Å². The third-order valence-corrected chi connectivity index (χ3v) is 5.13. The molecule has 0 saturated carbocycles. The van der Waals surface area contributed by atoms with Gasteiger partial charge >= 0.3 is 0 Å². The van der Waals surface area contributed by atoms with Crippen molar-refractivity contribution in [3.05, 3.63) is 113 Å². The van der Waals surface area contributed by atoms with Gasteiger partial charge in [0, 0.05) is 46.8 Å². The summed E-state index contributed by atoms with van der Waals surface area (Å²) in [6.07, 6.45) is 2.65. The lowest BCUT2D eigenvalue weighted by Gasteiger charge is -2.12. The third kappa shape index (κ3) is 5.50. The molecule has 0 bridgehead atoms. The lowest BCUT2D eigenvalue weighted by atomic mass is 9.99. The molecule has 0 radical (unpaired) electrons. The molecule has 0 atom stereocenters. The van der Waals surface area contributed by atoms with Gasteiger partial charge in [-0.2, -0.15) is 0 Å². The zero-order chi connectivity index (χ0) is 21.5. The van der Waals surface area contributed by atoms with E-state index in [9.17, 15) is 4.79 Å². The Bertz CT molecular complexity index is 1150. The van der Waals surface area contributed by atoms with Crippen LogP contribution >= 0.6 is 11.6 Å². The van der Waals surface area contributed by atoms with E-state index in [4.69, 9.17) is 11.6 Å². The predicted octanol–water partition coefficient (Wildman–Crippen LogP) is 6.31. The van der Waals surface area contributed by atoms with Crippen molar-refractivity contribution in [3.8, 4) is 11.1 Å². The topological polar surface area (TPSA) is 54.0 Å². The standard InChI is InChI=1S/C26H22ClN3O/c27-20-9-14-24(19-6-2-1-3-7-19)25(18-20)26(31)30-23-12-10-22(11-13-23)29-17-15-21-8-4-5-16-28-21/h1-14,16,18,29H,15,17H2,(H,30,31). The number of hydrogen-bond acceptors (Lipinski definition) is 3. The minimum atomic E-state index is -0.197. The molecule has 2 N–H and O–H groups in total. The van der Waals surface area contributed by atoms with Crippen LogP contribution in [0.4, 0.5) is 11.4 Å². The lowest BCUT2D eigenvalue weighted by Crippen LogP contribution is -2.13. The number of carbonyl (C=O) groups excluding carboxylic acids is 1. The van der Waals surface area contributed by atoms with Crippen LogP contribution in [-0.4, -0.2) is 17.4 Å². The first-order valence-electron chi connectivity index (χ1n) is 10.1. The van der Waals surface area contributed by atoms with E-state index in [-0.39, 0.29) is 5.91 Å². The van der Waals surface area contributed by atoms with Crippen molar-refractivity contribution in [2.75, 3.05) is 17.2 Å². The Balaban J connectivity index is 1.42. The van der Waals surface area contributed by atoms with Crippen LogP contribution in [0.1, 0.15) is 16.1 Å². The molecule has 4 aromatic rings. The smallest absolute Gasteiger partial charge is 0.256 e. The summed E-state index contributed by atoms with van der Waals surface area (Å²) in [5, 5.41) is 6.87. The van der Waals surface area contributed by atoms with Gasteiger partial charge in [-0.25, -0.2) is 0 Å². The Morgan fingerprint density at radius 2 is 1.58 bits per heavy atom. The van der Waals surface area contributed by atoms with Crippen molar-refractivity contribution in [1.82, 2.24) is 4.98 Å². The number of rotatable bonds is 7. The van der Waals surface area contributed by atoms with E-state index in [2.05, 4.69) is 15.6 Å². The van der Waals surface area contributed by atoms with Crippen LogP contribution in [0.2, 0.25) is 5.02 Å². The number of anilines is 2. The Kier molecular flexibility index (Phi) is 6.60. The summed E-state index contributed by atoms with van der Waals surface area (Å²) in [5.41, 5.74) is 5.11. The second-order valence-electron chi connectivity index (χ2n) is 7.09. The third-order valence-electron chi connectivity index (χ3n) is 4.89. The van der Waals surface area contributed by atoms with E-state index in [1.807, 2.05) is 78.9 Å². The number of nitrogens with zero attached hydrogens (tertiary/aromatic N) is 1. The van der Waals surface area contributed by atoms with Crippen molar-refractivity contribution in [2.24, 2.45) is 0 Å². The summed E-state index contributed by atoms with van der Waals surface area (Å²) in [5.74, 6) is -0.197. The minimum Gasteiger partial charge on any atom is -0.385 e. The van der Waals surface area contributed by atoms with Gasteiger partial charge in [-0.1, -0.05) is 54.1 Å². The molecule has 1 heterocycles. The molecule has 4 rings (SSSR count). The maximum absolute atomic E-state index is 13.0. The molecule has 1 aromatic heterocycles. The second kappa shape index (κ2) is 9.92. The molecule has 0 aliphatic carbocycles. The Morgan fingerprint density at radius 3 is 2.32 bits per heavy atom. The van der Waals surface area contributed by atoms with Gasteiger partial charge in [0.1, 0.15) is 0 Å². The number of carbonyl (C=O) groups is 1. The van der Waals surface area contributed by atoms with E-state index in [1.54, 1.807) is 18.3 Å². The van der Waals surface area contributed by atoms with E-state index in [0.29, 0.717) is 10.6 Å². The number of pyridine rings is 1. The highest BCUT2D eigenvalue weighted by Gasteiger charge is 2.14. The highest BCUT2D eigenvalue weighted by atomic mass is 35.5. The highest BCUT2D eigenvalue weighted by Crippen LogP contribution is 2.27. The highest BCUT2D eigenvalue weighted by molar-refractivity contribution is 6.31. The quantitative estimate of drug-likeness (QED) is 0.363. The number of nitrogens with one attached hydrogen (secondary N) is 2. The first-order valence-corrected chi connectivity index (χ1v) is 10.5. The van der Waals surface area contributed by atoms with Crippen molar-refractivity contribution in [1.29, 1.82) is 0 Å². The summed E-state index contributed by atoms with van der Waals surface area (Å²) in [4.78, 5) is 17.3. The zero-order valence-corrected chi connectivity index (χ0v) is 17.6. The molecule has 4 nitrogen and oxygen atoms in total. The van der Waals surface area contributed by atoms with Gasteiger partial charge in [0.05, 0.1) is 0 Å². The monoisotopic (exact) mass is 427 g/mol. The maximum atomic E-state index is 13.0. The van der Waals surface area contributed by atoms with Gasteiger partial charge in [0.25, 0.3) is 5.91 Å². The normalized spacial score (nSPS) is 10.5. The number of amides is 1. The van der Waals surface area contributed by atoms with Crippen molar-refractivity contribution in [2.45, 2.75) is 6.42 Å². The molecule has 31 heavy (non-hydrogen) atoms. The molecule has 0 aliphatic heterocycles. The molecule has 5 heteroatoms. The summed E-state index contributed by atoms with van der Waals surface area (Å²) >= 11 is 6.17. The summed E-state index contributed by atoms with van der Waals surface area (Å²) in [7, 11) is 0. The maximum Gasteiger partial charge on any atom is 0.256 e. The van der Waals surface area contributed by atoms with Gasteiger partial charge in [-0.05, 0) is 59.7 Å². The molecule has 3 aromatic carbocycles. The van der Waals surface area contributed by atoms with E-state index in [1.165, 1.54) is 0 Å². The Labute approximate surface area is 186 Å². The van der Waals surface area contributed by atoms with Gasteiger partial charge in [0.2, 0.25) is 0 Å². The van der Waals surface area contributed by atoms with E-state index < -0.39 is 0 Å². The molecular weight excluding hydrogens is 406 g/mol. The number of halogens is 1. The van der Waals surface area contributed by atoms with Crippen LogP contribution in [0.3, 0.4) is 0 Å².